The average Bonchev–Trinajstić information content (AvgIpc) is 2.60. The number of amides is 1. The molecule has 1 amide bonds. The summed E-state index contributed by atoms with van der Waals surface area (Å²) < 4.78 is 0. The standard InChI is InChI=1S/C17H13Cl2N5O/c18-12-6-13(19)8-14(7-12)22-16-4-3-15(23-24-16)17(25)21-10-11-2-1-5-20-9-11/h1-9H,10H2,(H,21,25)(H,22,24). The Bertz CT molecular complexity index is 852. The van der Waals surface area contributed by atoms with Crippen molar-refractivity contribution in [3.63, 3.8) is 0 Å². The second kappa shape index (κ2) is 7.92. The van der Waals surface area contributed by atoms with Gasteiger partial charge >= 0.3 is 0 Å². The summed E-state index contributed by atoms with van der Waals surface area (Å²) in [6.45, 7) is 0.370. The highest BCUT2D eigenvalue weighted by Gasteiger charge is 2.08. The molecule has 0 spiro atoms. The Balaban J connectivity index is 1.62. The molecule has 0 saturated heterocycles. The Morgan fingerprint density at radius 2 is 1.84 bits per heavy atom. The maximum absolute atomic E-state index is 12.1. The smallest absolute Gasteiger partial charge is 0.272 e. The third-order valence-electron chi connectivity index (χ3n) is 3.21. The van der Waals surface area contributed by atoms with Crippen LogP contribution in [0, 0.1) is 0 Å². The van der Waals surface area contributed by atoms with Crippen LogP contribution in [0.5, 0.6) is 0 Å². The van der Waals surface area contributed by atoms with E-state index < -0.39 is 0 Å². The Morgan fingerprint density at radius 1 is 1.04 bits per heavy atom. The third-order valence-corrected chi connectivity index (χ3v) is 3.64. The van der Waals surface area contributed by atoms with Crippen molar-refractivity contribution >= 4 is 40.6 Å². The molecule has 0 atom stereocenters. The summed E-state index contributed by atoms with van der Waals surface area (Å²) in [6, 6.07) is 12.0. The number of anilines is 2. The predicted octanol–water partition coefficient (Wildman–Crippen LogP) is 3.85. The summed E-state index contributed by atoms with van der Waals surface area (Å²) in [5, 5.41) is 14.7. The molecule has 3 rings (SSSR count). The molecule has 2 N–H and O–H groups in total. The van der Waals surface area contributed by atoms with E-state index in [-0.39, 0.29) is 11.6 Å². The van der Waals surface area contributed by atoms with Crippen molar-refractivity contribution in [1.82, 2.24) is 20.5 Å². The highest BCUT2D eigenvalue weighted by Crippen LogP contribution is 2.24. The Hall–Kier alpha value is -2.70. The maximum atomic E-state index is 12.1. The van der Waals surface area contributed by atoms with Gasteiger partial charge in [0, 0.05) is 34.7 Å². The molecule has 126 valence electrons. The first-order valence-electron chi connectivity index (χ1n) is 7.34. The van der Waals surface area contributed by atoms with Crippen LogP contribution in [0.25, 0.3) is 0 Å². The number of hydrogen-bond acceptors (Lipinski definition) is 5. The number of nitrogens with one attached hydrogen (secondary N) is 2. The first-order chi connectivity index (χ1) is 12.1. The highest BCUT2D eigenvalue weighted by molar-refractivity contribution is 6.35. The van der Waals surface area contributed by atoms with Gasteiger partial charge in [-0.05, 0) is 42.0 Å². The van der Waals surface area contributed by atoms with Crippen molar-refractivity contribution in [3.05, 3.63) is 76.2 Å². The van der Waals surface area contributed by atoms with Crippen LogP contribution in [0.3, 0.4) is 0 Å². The third kappa shape index (κ3) is 4.89. The molecule has 0 aliphatic rings. The van der Waals surface area contributed by atoms with Crippen LogP contribution in [-0.2, 0) is 6.54 Å². The van der Waals surface area contributed by atoms with Gasteiger partial charge in [-0.3, -0.25) is 9.78 Å². The van der Waals surface area contributed by atoms with Gasteiger partial charge in [0.1, 0.15) is 0 Å². The van der Waals surface area contributed by atoms with E-state index in [1.165, 1.54) is 0 Å². The summed E-state index contributed by atoms with van der Waals surface area (Å²) in [7, 11) is 0. The molecule has 25 heavy (non-hydrogen) atoms. The van der Waals surface area contributed by atoms with Crippen LogP contribution in [-0.4, -0.2) is 21.1 Å². The van der Waals surface area contributed by atoms with E-state index in [0.29, 0.717) is 28.1 Å². The molecular formula is C17H13Cl2N5O. The molecule has 1 aromatic carbocycles. The molecule has 0 bridgehead atoms. The average molecular weight is 374 g/mol. The number of hydrogen-bond donors (Lipinski definition) is 2. The Kier molecular flexibility index (Phi) is 5.42. The van der Waals surface area contributed by atoms with Crippen LogP contribution in [0.15, 0.2) is 54.9 Å². The van der Waals surface area contributed by atoms with E-state index in [1.54, 1.807) is 42.7 Å². The number of pyridine rings is 1. The molecular weight excluding hydrogens is 361 g/mol. The van der Waals surface area contributed by atoms with Gasteiger partial charge < -0.3 is 10.6 Å². The Labute approximate surface area is 154 Å². The zero-order chi connectivity index (χ0) is 17.6. The normalized spacial score (nSPS) is 10.3. The van der Waals surface area contributed by atoms with Crippen LogP contribution in [0.2, 0.25) is 10.0 Å². The van der Waals surface area contributed by atoms with Crippen molar-refractivity contribution in [2.45, 2.75) is 6.54 Å². The van der Waals surface area contributed by atoms with E-state index in [4.69, 9.17) is 23.2 Å². The van der Waals surface area contributed by atoms with E-state index in [0.717, 1.165) is 5.56 Å². The van der Waals surface area contributed by atoms with Crippen LogP contribution in [0.1, 0.15) is 16.1 Å². The first kappa shape index (κ1) is 17.1. The van der Waals surface area contributed by atoms with Gasteiger partial charge in [-0.1, -0.05) is 29.3 Å². The number of carbonyl (C=O) groups excluding carboxylic acids is 1. The van der Waals surface area contributed by atoms with Gasteiger partial charge in [0.05, 0.1) is 0 Å². The molecule has 0 saturated carbocycles. The molecule has 2 aromatic heterocycles. The maximum Gasteiger partial charge on any atom is 0.272 e. The number of aromatic nitrogens is 3. The number of nitrogens with zero attached hydrogens (tertiary/aromatic N) is 3. The zero-order valence-corrected chi connectivity index (χ0v) is 14.4. The van der Waals surface area contributed by atoms with Gasteiger partial charge in [-0.2, -0.15) is 0 Å². The van der Waals surface area contributed by atoms with Gasteiger partial charge in [-0.15, -0.1) is 10.2 Å². The highest BCUT2D eigenvalue weighted by atomic mass is 35.5. The lowest BCUT2D eigenvalue weighted by molar-refractivity contribution is 0.0945. The number of rotatable bonds is 5. The van der Waals surface area contributed by atoms with Crippen molar-refractivity contribution in [3.8, 4) is 0 Å². The SMILES string of the molecule is O=C(NCc1cccnc1)c1ccc(Nc2cc(Cl)cc(Cl)c2)nn1. The lowest BCUT2D eigenvalue weighted by atomic mass is 10.3. The fourth-order valence-corrected chi connectivity index (χ4v) is 2.60. The summed E-state index contributed by atoms with van der Waals surface area (Å²) in [5.74, 6) is 0.163. The van der Waals surface area contributed by atoms with Crippen molar-refractivity contribution in [1.29, 1.82) is 0 Å². The van der Waals surface area contributed by atoms with E-state index in [9.17, 15) is 4.79 Å². The number of carbonyl (C=O) groups is 1. The summed E-state index contributed by atoms with van der Waals surface area (Å²) in [6.07, 6.45) is 3.37. The monoisotopic (exact) mass is 373 g/mol. The second-order valence-corrected chi connectivity index (χ2v) is 6.00. The molecule has 3 aromatic rings. The van der Waals surface area contributed by atoms with Crippen LogP contribution < -0.4 is 10.6 Å². The van der Waals surface area contributed by atoms with E-state index in [2.05, 4.69) is 25.8 Å². The minimum Gasteiger partial charge on any atom is -0.347 e. The summed E-state index contributed by atoms with van der Waals surface area (Å²) in [4.78, 5) is 16.1. The van der Waals surface area contributed by atoms with Crippen LogP contribution in [0.4, 0.5) is 11.5 Å². The lowest BCUT2D eigenvalue weighted by Crippen LogP contribution is -2.24. The van der Waals surface area contributed by atoms with Gasteiger partial charge in [0.15, 0.2) is 11.5 Å². The van der Waals surface area contributed by atoms with Gasteiger partial charge in [0.2, 0.25) is 0 Å². The van der Waals surface area contributed by atoms with Crippen molar-refractivity contribution < 1.29 is 4.79 Å². The number of benzene rings is 1. The lowest BCUT2D eigenvalue weighted by Gasteiger charge is -2.07. The number of halogens is 2. The van der Waals surface area contributed by atoms with Gasteiger partial charge in [0.25, 0.3) is 5.91 Å². The molecule has 0 fully saturated rings. The first-order valence-corrected chi connectivity index (χ1v) is 8.10. The largest absolute Gasteiger partial charge is 0.347 e. The Morgan fingerprint density at radius 3 is 2.48 bits per heavy atom. The minimum absolute atomic E-state index is 0.221. The van der Waals surface area contributed by atoms with E-state index >= 15 is 0 Å². The predicted molar refractivity (Wildman–Crippen MR) is 97.2 cm³/mol. The zero-order valence-electron chi connectivity index (χ0n) is 12.9. The quantitative estimate of drug-likeness (QED) is 0.709. The minimum atomic E-state index is -0.311. The molecule has 0 aliphatic heterocycles. The second-order valence-electron chi connectivity index (χ2n) is 5.13. The molecule has 2 heterocycles. The topological polar surface area (TPSA) is 79.8 Å². The van der Waals surface area contributed by atoms with Crippen molar-refractivity contribution in [2.24, 2.45) is 0 Å². The van der Waals surface area contributed by atoms with Crippen molar-refractivity contribution in [2.75, 3.05) is 5.32 Å². The summed E-state index contributed by atoms with van der Waals surface area (Å²) >= 11 is 11.9. The molecule has 6 nitrogen and oxygen atoms in total. The van der Waals surface area contributed by atoms with Gasteiger partial charge in [-0.25, -0.2) is 0 Å². The molecule has 0 unspecified atom stereocenters. The van der Waals surface area contributed by atoms with Crippen LogP contribution >= 0.6 is 23.2 Å². The molecule has 0 aliphatic carbocycles. The molecule has 8 heteroatoms. The fourth-order valence-electron chi connectivity index (χ4n) is 2.07. The molecule has 0 radical (unpaired) electrons. The fraction of sp³-hybridized carbons (Fsp3) is 0.0588. The van der Waals surface area contributed by atoms with E-state index in [1.807, 2.05) is 12.1 Å². The summed E-state index contributed by atoms with van der Waals surface area (Å²) in [5.41, 5.74) is 1.80.